The Morgan fingerprint density at radius 3 is 3.14 bits per heavy atom. The number of para-hydroxylation sites is 1. The average Bonchev–Trinajstić information content (AvgIpc) is 3.17. The second kappa shape index (κ2) is 5.58. The number of hydrogen-bond donors (Lipinski definition) is 0. The van der Waals surface area contributed by atoms with Crippen LogP contribution in [0.25, 0.3) is 0 Å². The summed E-state index contributed by atoms with van der Waals surface area (Å²) in [5.41, 5.74) is 1.15. The fraction of sp³-hybridized carbons (Fsp3) is 0.467. The molecule has 0 aliphatic carbocycles. The van der Waals surface area contributed by atoms with Crippen molar-refractivity contribution in [1.29, 1.82) is 0 Å². The van der Waals surface area contributed by atoms with Crippen LogP contribution in [-0.4, -0.2) is 46.2 Å². The van der Waals surface area contributed by atoms with Crippen LogP contribution >= 0.6 is 0 Å². The fourth-order valence-electron chi connectivity index (χ4n) is 2.94. The lowest BCUT2D eigenvalue weighted by Gasteiger charge is -2.32. The van der Waals surface area contributed by atoms with E-state index in [1.807, 2.05) is 23.7 Å². The molecular weight excluding hydrogens is 284 g/mol. The number of aromatic nitrogens is 3. The number of benzene rings is 1. The predicted molar refractivity (Wildman–Crippen MR) is 77.5 cm³/mol. The molecule has 0 N–H and O–H groups in total. The molecule has 7 nitrogen and oxygen atoms in total. The van der Waals surface area contributed by atoms with Crippen molar-refractivity contribution >= 4 is 0 Å². The van der Waals surface area contributed by atoms with Gasteiger partial charge in [-0.3, -0.25) is 4.90 Å². The van der Waals surface area contributed by atoms with Crippen LogP contribution < -0.4 is 9.47 Å². The van der Waals surface area contributed by atoms with E-state index in [1.54, 1.807) is 6.33 Å². The molecule has 1 aromatic carbocycles. The first-order chi connectivity index (χ1) is 10.8. The van der Waals surface area contributed by atoms with E-state index in [0.29, 0.717) is 13.4 Å². The molecular formula is C15H18N4O3. The van der Waals surface area contributed by atoms with Crippen LogP contribution in [0.4, 0.5) is 0 Å². The Kier molecular flexibility index (Phi) is 3.44. The molecule has 3 heterocycles. The number of fused-ring (bicyclic) bond motifs is 1. The third-order valence-corrected chi connectivity index (χ3v) is 4.06. The summed E-state index contributed by atoms with van der Waals surface area (Å²) in [7, 11) is 1.94. The maximum absolute atomic E-state index is 5.84. The number of rotatable bonds is 3. The topological polar surface area (TPSA) is 61.6 Å². The van der Waals surface area contributed by atoms with Gasteiger partial charge in [-0.15, -0.1) is 10.2 Å². The van der Waals surface area contributed by atoms with Gasteiger partial charge in [-0.25, -0.2) is 0 Å². The molecule has 0 amide bonds. The van der Waals surface area contributed by atoms with Crippen molar-refractivity contribution in [3.63, 3.8) is 0 Å². The summed E-state index contributed by atoms with van der Waals surface area (Å²) in [6.07, 6.45) is 1.66. The molecule has 22 heavy (non-hydrogen) atoms. The van der Waals surface area contributed by atoms with Crippen LogP contribution in [0, 0.1) is 0 Å². The minimum absolute atomic E-state index is 0.0461. The van der Waals surface area contributed by atoms with Crippen molar-refractivity contribution in [2.45, 2.75) is 12.6 Å². The third kappa shape index (κ3) is 2.42. The first-order valence-electron chi connectivity index (χ1n) is 7.36. The smallest absolute Gasteiger partial charge is 0.231 e. The Balaban J connectivity index is 1.50. The van der Waals surface area contributed by atoms with Crippen molar-refractivity contribution in [3.8, 4) is 11.5 Å². The summed E-state index contributed by atoms with van der Waals surface area (Å²) < 4.78 is 18.8. The molecule has 7 heteroatoms. The largest absolute Gasteiger partial charge is 0.454 e. The molecule has 0 bridgehead atoms. The van der Waals surface area contributed by atoms with Gasteiger partial charge in [0, 0.05) is 32.2 Å². The van der Waals surface area contributed by atoms with E-state index in [4.69, 9.17) is 14.2 Å². The van der Waals surface area contributed by atoms with Gasteiger partial charge in [-0.2, -0.15) is 0 Å². The number of aryl methyl sites for hydroxylation is 1. The average molecular weight is 302 g/mol. The van der Waals surface area contributed by atoms with Gasteiger partial charge < -0.3 is 18.8 Å². The first kappa shape index (κ1) is 13.5. The normalized spacial score (nSPS) is 21.2. The van der Waals surface area contributed by atoms with Crippen LogP contribution in [0.2, 0.25) is 0 Å². The van der Waals surface area contributed by atoms with Crippen molar-refractivity contribution < 1.29 is 14.2 Å². The van der Waals surface area contributed by atoms with Gasteiger partial charge in [-0.1, -0.05) is 12.1 Å². The van der Waals surface area contributed by atoms with Crippen molar-refractivity contribution in [2.75, 3.05) is 26.5 Å². The standard InChI is InChI=1S/C15H18N4O3/c1-18-9-16-17-15(18)13-8-19(5-6-20-13)7-11-3-2-4-12-14(11)22-10-21-12/h2-4,9,13H,5-8,10H2,1H3/t13-/m1/s1. The van der Waals surface area contributed by atoms with Crippen LogP contribution in [-0.2, 0) is 18.3 Å². The molecule has 0 spiro atoms. The van der Waals surface area contributed by atoms with Gasteiger partial charge in [0.2, 0.25) is 6.79 Å². The van der Waals surface area contributed by atoms with Crippen molar-refractivity contribution in [3.05, 3.63) is 35.9 Å². The SMILES string of the molecule is Cn1cnnc1[C@H]1CN(Cc2cccc3c2OCO3)CCO1. The highest BCUT2D eigenvalue weighted by Crippen LogP contribution is 2.36. The van der Waals surface area contributed by atoms with Crippen molar-refractivity contribution in [2.24, 2.45) is 7.05 Å². The second-order valence-corrected chi connectivity index (χ2v) is 5.55. The monoisotopic (exact) mass is 302 g/mol. The third-order valence-electron chi connectivity index (χ3n) is 4.06. The van der Waals surface area contributed by atoms with Gasteiger partial charge in [0.1, 0.15) is 12.4 Å². The first-order valence-corrected chi connectivity index (χ1v) is 7.36. The Hall–Kier alpha value is -2.12. The van der Waals surface area contributed by atoms with E-state index in [1.165, 1.54) is 0 Å². The highest BCUT2D eigenvalue weighted by Gasteiger charge is 2.27. The second-order valence-electron chi connectivity index (χ2n) is 5.55. The van der Waals surface area contributed by atoms with Gasteiger partial charge in [-0.05, 0) is 6.07 Å². The van der Waals surface area contributed by atoms with Crippen LogP contribution in [0.3, 0.4) is 0 Å². The molecule has 0 saturated carbocycles. The lowest BCUT2D eigenvalue weighted by molar-refractivity contribution is -0.0387. The Morgan fingerprint density at radius 1 is 1.32 bits per heavy atom. The van der Waals surface area contributed by atoms with E-state index in [-0.39, 0.29) is 6.10 Å². The van der Waals surface area contributed by atoms with Gasteiger partial charge in [0.25, 0.3) is 0 Å². The highest BCUT2D eigenvalue weighted by molar-refractivity contribution is 5.48. The lowest BCUT2D eigenvalue weighted by atomic mass is 10.1. The number of morpholine rings is 1. The molecule has 0 radical (unpaired) electrons. The van der Waals surface area contributed by atoms with Crippen LogP contribution in [0.5, 0.6) is 11.5 Å². The maximum Gasteiger partial charge on any atom is 0.231 e. The Morgan fingerprint density at radius 2 is 2.27 bits per heavy atom. The van der Waals surface area contributed by atoms with E-state index in [2.05, 4.69) is 21.2 Å². The summed E-state index contributed by atoms with van der Waals surface area (Å²) >= 11 is 0. The highest BCUT2D eigenvalue weighted by atomic mass is 16.7. The zero-order valence-electron chi connectivity index (χ0n) is 12.4. The van der Waals surface area contributed by atoms with E-state index in [9.17, 15) is 0 Å². The van der Waals surface area contributed by atoms with Crippen molar-refractivity contribution in [1.82, 2.24) is 19.7 Å². The van der Waals surface area contributed by atoms with Gasteiger partial charge in [0.15, 0.2) is 17.3 Å². The molecule has 1 aromatic heterocycles. The molecule has 116 valence electrons. The minimum atomic E-state index is -0.0461. The molecule has 1 atom stereocenters. The number of hydrogen-bond acceptors (Lipinski definition) is 6. The molecule has 2 aromatic rings. The zero-order chi connectivity index (χ0) is 14.9. The Labute approximate surface area is 128 Å². The molecule has 1 saturated heterocycles. The minimum Gasteiger partial charge on any atom is -0.454 e. The molecule has 1 fully saturated rings. The summed E-state index contributed by atoms with van der Waals surface area (Å²) in [6, 6.07) is 6.03. The summed E-state index contributed by atoms with van der Waals surface area (Å²) in [5.74, 6) is 2.56. The maximum atomic E-state index is 5.84. The molecule has 4 rings (SSSR count). The van der Waals surface area contributed by atoms with Gasteiger partial charge >= 0.3 is 0 Å². The van der Waals surface area contributed by atoms with Crippen LogP contribution in [0.1, 0.15) is 17.5 Å². The molecule has 2 aliphatic rings. The van der Waals surface area contributed by atoms with E-state index >= 15 is 0 Å². The molecule has 2 aliphatic heterocycles. The van der Waals surface area contributed by atoms with Crippen LogP contribution in [0.15, 0.2) is 24.5 Å². The van der Waals surface area contributed by atoms with E-state index < -0.39 is 0 Å². The summed E-state index contributed by atoms with van der Waals surface area (Å²) in [5, 5.41) is 8.09. The quantitative estimate of drug-likeness (QED) is 0.846. The number of ether oxygens (including phenoxy) is 3. The van der Waals surface area contributed by atoms with Gasteiger partial charge in [0.05, 0.1) is 6.61 Å². The summed E-state index contributed by atoms with van der Waals surface area (Å²) in [6.45, 7) is 3.47. The lowest BCUT2D eigenvalue weighted by Crippen LogP contribution is -2.38. The predicted octanol–water partition coefficient (Wildman–Crippen LogP) is 1.12. The number of nitrogens with zero attached hydrogens (tertiary/aromatic N) is 4. The molecule has 0 unspecified atom stereocenters. The fourth-order valence-corrected chi connectivity index (χ4v) is 2.94. The summed E-state index contributed by atoms with van der Waals surface area (Å²) in [4.78, 5) is 2.35. The zero-order valence-corrected chi connectivity index (χ0v) is 12.4. The van der Waals surface area contributed by atoms with E-state index in [0.717, 1.165) is 42.5 Å². The Bertz CT molecular complexity index is 673.